The molecule has 0 radical (unpaired) electrons. The van der Waals surface area contributed by atoms with Crippen molar-refractivity contribution in [3.05, 3.63) is 0 Å². The molecule has 0 aliphatic carbocycles. The number of aliphatic carboxylic acids is 2. The molecule has 0 rings (SSSR count). The maximum absolute atomic E-state index is 11.3. The van der Waals surface area contributed by atoms with Crippen LogP contribution in [0.25, 0.3) is 0 Å². The van der Waals surface area contributed by atoms with Gasteiger partial charge in [-0.05, 0) is 12.8 Å². The zero-order chi connectivity index (χ0) is 12.7. The van der Waals surface area contributed by atoms with E-state index in [-0.39, 0.29) is 12.8 Å². The third kappa shape index (κ3) is 5.30. The molecule has 0 saturated carbocycles. The van der Waals surface area contributed by atoms with Crippen LogP contribution >= 0.6 is 0 Å². The second kappa shape index (κ2) is 6.78. The van der Waals surface area contributed by atoms with E-state index in [1.165, 1.54) is 0 Å². The minimum Gasteiger partial charge on any atom is -0.481 e. The van der Waals surface area contributed by atoms with Gasteiger partial charge in [0, 0.05) is 6.42 Å². The third-order valence-electron chi connectivity index (χ3n) is 2.04. The normalized spacial score (nSPS) is 13.9. The van der Waals surface area contributed by atoms with E-state index in [0.717, 1.165) is 0 Å². The van der Waals surface area contributed by atoms with Gasteiger partial charge in [-0.3, -0.25) is 9.59 Å². The Balaban J connectivity index is 4.28. The molecule has 1 unspecified atom stereocenters. The summed E-state index contributed by atoms with van der Waals surface area (Å²) in [6.45, 7) is 1.69. The topological polar surface area (TPSA) is 130 Å². The molecule has 0 saturated heterocycles. The Bertz CT molecular complexity index is 279. The van der Waals surface area contributed by atoms with Crippen LogP contribution in [0.15, 0.2) is 0 Å². The molecule has 0 aromatic carbocycles. The predicted molar refractivity (Wildman–Crippen MR) is 54.7 cm³/mol. The molecule has 0 bridgehead atoms. The number of nitrogens with two attached hydrogens (primary N) is 1. The first-order valence-corrected chi connectivity index (χ1v) is 4.89. The Morgan fingerprint density at radius 1 is 1.31 bits per heavy atom. The van der Waals surface area contributed by atoms with Crippen molar-refractivity contribution in [2.75, 3.05) is 0 Å². The van der Waals surface area contributed by atoms with Crippen molar-refractivity contribution in [3.8, 4) is 0 Å². The van der Waals surface area contributed by atoms with Crippen molar-refractivity contribution >= 4 is 17.8 Å². The second-order valence-electron chi connectivity index (χ2n) is 3.35. The highest BCUT2D eigenvalue weighted by Gasteiger charge is 2.22. The first-order valence-electron chi connectivity index (χ1n) is 4.89. The van der Waals surface area contributed by atoms with Gasteiger partial charge in [-0.2, -0.15) is 0 Å². The number of hydrogen-bond acceptors (Lipinski definition) is 4. The van der Waals surface area contributed by atoms with E-state index >= 15 is 0 Å². The van der Waals surface area contributed by atoms with Crippen LogP contribution in [0.1, 0.15) is 26.2 Å². The van der Waals surface area contributed by atoms with Crippen molar-refractivity contribution in [1.82, 2.24) is 5.32 Å². The first kappa shape index (κ1) is 14.4. The average Bonchev–Trinajstić information content (AvgIpc) is 2.21. The molecular formula is C9H16N2O5. The summed E-state index contributed by atoms with van der Waals surface area (Å²) < 4.78 is 0. The molecule has 0 aliphatic rings. The SMILES string of the molecule is CC[C@@H](N)C(=O)NC(CCC(=O)O)C(=O)O. The predicted octanol–water partition coefficient (Wildman–Crippen LogP) is -0.842. The van der Waals surface area contributed by atoms with Crippen LogP contribution < -0.4 is 11.1 Å². The van der Waals surface area contributed by atoms with Crippen LogP contribution in [0.2, 0.25) is 0 Å². The van der Waals surface area contributed by atoms with Crippen molar-refractivity contribution in [2.45, 2.75) is 38.3 Å². The maximum Gasteiger partial charge on any atom is 0.326 e. The fourth-order valence-corrected chi connectivity index (χ4v) is 0.989. The molecule has 0 heterocycles. The van der Waals surface area contributed by atoms with Crippen LogP contribution in [0.5, 0.6) is 0 Å². The van der Waals surface area contributed by atoms with Crippen molar-refractivity contribution in [1.29, 1.82) is 0 Å². The lowest BCUT2D eigenvalue weighted by molar-refractivity contribution is -0.143. The second-order valence-corrected chi connectivity index (χ2v) is 3.35. The number of carboxylic acid groups (broad SMARTS) is 2. The standard InChI is InChI=1S/C9H16N2O5/c1-2-5(10)8(14)11-6(9(15)16)3-4-7(12)13/h5-6H,2-4,10H2,1H3,(H,11,14)(H,12,13)(H,15,16)/t5-,6?/m1/s1. The highest BCUT2D eigenvalue weighted by Crippen LogP contribution is 1.99. The lowest BCUT2D eigenvalue weighted by Crippen LogP contribution is -2.48. The van der Waals surface area contributed by atoms with Gasteiger partial charge in [0.2, 0.25) is 5.91 Å². The minimum absolute atomic E-state index is 0.160. The molecule has 16 heavy (non-hydrogen) atoms. The summed E-state index contributed by atoms with van der Waals surface area (Å²) in [5, 5.41) is 19.3. The van der Waals surface area contributed by atoms with E-state index in [4.69, 9.17) is 15.9 Å². The van der Waals surface area contributed by atoms with Gasteiger partial charge < -0.3 is 21.3 Å². The number of carbonyl (C=O) groups excluding carboxylic acids is 1. The monoisotopic (exact) mass is 232 g/mol. The quantitative estimate of drug-likeness (QED) is 0.452. The zero-order valence-corrected chi connectivity index (χ0v) is 8.97. The van der Waals surface area contributed by atoms with E-state index < -0.39 is 29.9 Å². The number of rotatable bonds is 7. The fourth-order valence-electron chi connectivity index (χ4n) is 0.989. The lowest BCUT2D eigenvalue weighted by Gasteiger charge is -2.16. The summed E-state index contributed by atoms with van der Waals surface area (Å²) in [5.41, 5.74) is 5.40. The largest absolute Gasteiger partial charge is 0.481 e. The van der Waals surface area contributed by atoms with Gasteiger partial charge in [-0.1, -0.05) is 6.92 Å². The van der Waals surface area contributed by atoms with E-state index in [0.29, 0.717) is 6.42 Å². The lowest BCUT2D eigenvalue weighted by atomic mass is 10.1. The van der Waals surface area contributed by atoms with Crippen LogP contribution in [-0.4, -0.2) is 40.1 Å². The molecule has 1 amide bonds. The molecule has 5 N–H and O–H groups in total. The average molecular weight is 232 g/mol. The van der Waals surface area contributed by atoms with Crippen molar-refractivity contribution in [2.24, 2.45) is 5.73 Å². The fraction of sp³-hybridized carbons (Fsp3) is 0.667. The first-order chi connectivity index (χ1) is 7.38. The summed E-state index contributed by atoms with van der Waals surface area (Å²) >= 11 is 0. The van der Waals surface area contributed by atoms with Gasteiger partial charge in [0.05, 0.1) is 6.04 Å². The molecular weight excluding hydrogens is 216 g/mol. The molecule has 92 valence electrons. The highest BCUT2D eigenvalue weighted by molar-refractivity contribution is 5.86. The van der Waals surface area contributed by atoms with Gasteiger partial charge >= 0.3 is 11.9 Å². The molecule has 0 aromatic rings. The summed E-state index contributed by atoms with van der Waals surface area (Å²) in [4.78, 5) is 32.3. The molecule has 7 heteroatoms. The van der Waals surface area contributed by atoms with Gasteiger partial charge in [0.15, 0.2) is 0 Å². The summed E-state index contributed by atoms with van der Waals surface area (Å²) in [7, 11) is 0. The van der Waals surface area contributed by atoms with E-state index in [1.54, 1.807) is 6.92 Å². The smallest absolute Gasteiger partial charge is 0.326 e. The number of hydrogen-bond donors (Lipinski definition) is 4. The molecule has 0 aliphatic heterocycles. The molecule has 2 atom stereocenters. The van der Waals surface area contributed by atoms with E-state index in [9.17, 15) is 14.4 Å². The number of carboxylic acids is 2. The van der Waals surface area contributed by atoms with Gasteiger partial charge in [0.1, 0.15) is 6.04 Å². The Kier molecular flexibility index (Phi) is 6.09. The Labute approximate surface area is 92.6 Å². The zero-order valence-electron chi connectivity index (χ0n) is 8.97. The van der Waals surface area contributed by atoms with Crippen LogP contribution in [-0.2, 0) is 14.4 Å². The number of nitrogens with one attached hydrogen (secondary N) is 1. The minimum atomic E-state index is -1.27. The van der Waals surface area contributed by atoms with Gasteiger partial charge in [0.25, 0.3) is 0 Å². The van der Waals surface area contributed by atoms with Crippen molar-refractivity contribution < 1.29 is 24.6 Å². The van der Waals surface area contributed by atoms with E-state index in [1.807, 2.05) is 0 Å². The van der Waals surface area contributed by atoms with Crippen LogP contribution in [0, 0.1) is 0 Å². The van der Waals surface area contributed by atoms with Crippen molar-refractivity contribution in [3.63, 3.8) is 0 Å². The highest BCUT2D eigenvalue weighted by atomic mass is 16.4. The van der Waals surface area contributed by atoms with Gasteiger partial charge in [-0.15, -0.1) is 0 Å². The molecule has 7 nitrogen and oxygen atoms in total. The number of amides is 1. The van der Waals surface area contributed by atoms with Crippen LogP contribution in [0.3, 0.4) is 0 Å². The third-order valence-corrected chi connectivity index (χ3v) is 2.04. The molecule has 0 spiro atoms. The summed E-state index contributed by atoms with van der Waals surface area (Å²) in [6.07, 6.45) is -0.0947. The summed E-state index contributed by atoms with van der Waals surface area (Å²) in [5.74, 6) is -2.96. The Morgan fingerprint density at radius 2 is 1.88 bits per heavy atom. The maximum atomic E-state index is 11.3. The Morgan fingerprint density at radius 3 is 2.25 bits per heavy atom. The molecule has 0 aromatic heterocycles. The van der Waals surface area contributed by atoms with E-state index in [2.05, 4.69) is 5.32 Å². The Hall–Kier alpha value is -1.63. The summed E-state index contributed by atoms with van der Waals surface area (Å²) in [6, 6.07) is -1.98. The van der Waals surface area contributed by atoms with Crippen LogP contribution in [0.4, 0.5) is 0 Å². The molecule has 0 fully saturated rings. The number of carbonyl (C=O) groups is 3. The van der Waals surface area contributed by atoms with Gasteiger partial charge in [-0.25, -0.2) is 4.79 Å².